The molecule has 0 spiro atoms. The average Bonchev–Trinajstić information content (AvgIpc) is 2.56. The molecule has 0 aromatic heterocycles. The topological polar surface area (TPSA) is 58.2 Å². The number of anilines is 1. The van der Waals surface area contributed by atoms with Crippen molar-refractivity contribution in [3.63, 3.8) is 0 Å². The first kappa shape index (κ1) is 16.9. The van der Waals surface area contributed by atoms with Crippen LogP contribution in [0.1, 0.15) is 24.9 Å². The highest BCUT2D eigenvalue weighted by molar-refractivity contribution is 8.01. The molecule has 0 saturated carbocycles. The summed E-state index contributed by atoms with van der Waals surface area (Å²) in [6, 6.07) is 14.8. The number of benzene rings is 2. The number of hydrogen-bond acceptors (Lipinski definition) is 3. The van der Waals surface area contributed by atoms with Crippen molar-refractivity contribution in [3.05, 3.63) is 59.1 Å². The molecular weight excluding hydrogens is 344 g/mol. The Labute approximate surface area is 150 Å². The Kier molecular flexibility index (Phi) is 5.11. The lowest BCUT2D eigenvalue weighted by atomic mass is 10.1. The molecule has 0 saturated heterocycles. The number of para-hydroxylation sites is 1. The zero-order valence-corrected chi connectivity index (χ0v) is 14.7. The van der Waals surface area contributed by atoms with Gasteiger partial charge in [0, 0.05) is 16.3 Å². The number of carbonyl (C=O) groups excluding carboxylic acids is 2. The number of halogens is 1. The Hall–Kier alpha value is -1.98. The molecule has 0 radical (unpaired) electrons. The summed E-state index contributed by atoms with van der Waals surface area (Å²) in [5, 5.41) is 6.02. The monoisotopic (exact) mass is 360 g/mol. The molecule has 1 aliphatic rings. The van der Waals surface area contributed by atoms with Crippen LogP contribution < -0.4 is 10.6 Å². The van der Waals surface area contributed by atoms with Crippen molar-refractivity contribution < 1.29 is 9.59 Å². The Balaban J connectivity index is 1.61. The van der Waals surface area contributed by atoms with E-state index in [0.29, 0.717) is 5.02 Å². The van der Waals surface area contributed by atoms with Gasteiger partial charge in [-0.1, -0.05) is 35.9 Å². The molecule has 2 N–H and O–H groups in total. The van der Waals surface area contributed by atoms with Crippen LogP contribution in [0.25, 0.3) is 0 Å². The van der Waals surface area contributed by atoms with Crippen LogP contribution in [-0.2, 0) is 9.59 Å². The van der Waals surface area contributed by atoms with Gasteiger partial charge in [-0.05, 0) is 36.8 Å². The van der Waals surface area contributed by atoms with Crippen molar-refractivity contribution in [2.75, 3.05) is 5.32 Å². The summed E-state index contributed by atoms with van der Waals surface area (Å²) in [6.45, 7) is 1.91. The van der Waals surface area contributed by atoms with Gasteiger partial charge in [-0.3, -0.25) is 9.59 Å². The van der Waals surface area contributed by atoms with E-state index >= 15 is 0 Å². The minimum Gasteiger partial charge on any atom is -0.350 e. The van der Waals surface area contributed by atoms with E-state index in [1.165, 1.54) is 11.8 Å². The molecule has 6 heteroatoms. The van der Waals surface area contributed by atoms with Gasteiger partial charge in [-0.2, -0.15) is 0 Å². The van der Waals surface area contributed by atoms with Crippen LogP contribution in [0.2, 0.25) is 5.02 Å². The van der Waals surface area contributed by atoms with Gasteiger partial charge in [0.1, 0.15) is 0 Å². The molecule has 2 aromatic rings. The van der Waals surface area contributed by atoms with E-state index in [2.05, 4.69) is 10.6 Å². The van der Waals surface area contributed by atoms with Gasteiger partial charge in [-0.25, -0.2) is 0 Å². The van der Waals surface area contributed by atoms with E-state index in [1.807, 2.05) is 43.3 Å². The molecule has 3 rings (SSSR count). The Morgan fingerprint density at radius 2 is 1.96 bits per heavy atom. The predicted octanol–water partition coefficient (Wildman–Crippen LogP) is 4.02. The quantitative estimate of drug-likeness (QED) is 0.865. The van der Waals surface area contributed by atoms with Crippen LogP contribution >= 0.6 is 23.4 Å². The molecule has 2 aromatic carbocycles. The molecule has 1 heterocycles. The van der Waals surface area contributed by atoms with Crippen LogP contribution in [0.5, 0.6) is 0 Å². The maximum Gasteiger partial charge on any atom is 0.238 e. The van der Waals surface area contributed by atoms with Gasteiger partial charge in [0.25, 0.3) is 0 Å². The van der Waals surface area contributed by atoms with E-state index in [0.717, 1.165) is 16.1 Å². The second kappa shape index (κ2) is 7.28. The summed E-state index contributed by atoms with van der Waals surface area (Å²) in [4.78, 5) is 25.4. The lowest BCUT2D eigenvalue weighted by Crippen LogP contribution is -2.35. The summed E-state index contributed by atoms with van der Waals surface area (Å²) >= 11 is 7.30. The van der Waals surface area contributed by atoms with Crippen LogP contribution in [0.4, 0.5) is 5.69 Å². The smallest absolute Gasteiger partial charge is 0.238 e. The molecule has 4 nitrogen and oxygen atoms in total. The number of thioether (sulfide) groups is 1. The minimum atomic E-state index is -0.419. The zero-order chi connectivity index (χ0) is 17.1. The third-order valence-corrected chi connectivity index (χ3v) is 5.35. The van der Waals surface area contributed by atoms with Crippen molar-refractivity contribution in [1.29, 1.82) is 0 Å². The Morgan fingerprint density at radius 3 is 2.71 bits per heavy atom. The minimum absolute atomic E-state index is 0.131. The first-order valence-corrected chi connectivity index (χ1v) is 8.90. The maximum absolute atomic E-state index is 12.3. The third-order valence-electron chi connectivity index (χ3n) is 3.82. The van der Waals surface area contributed by atoms with Crippen molar-refractivity contribution in [2.24, 2.45) is 0 Å². The lowest BCUT2D eigenvalue weighted by Gasteiger charge is -2.24. The van der Waals surface area contributed by atoms with Gasteiger partial charge in [-0.15, -0.1) is 11.8 Å². The van der Waals surface area contributed by atoms with Gasteiger partial charge in [0.15, 0.2) is 0 Å². The zero-order valence-electron chi connectivity index (χ0n) is 13.1. The van der Waals surface area contributed by atoms with Gasteiger partial charge in [0.2, 0.25) is 11.8 Å². The van der Waals surface area contributed by atoms with Crippen molar-refractivity contribution in [1.82, 2.24) is 5.32 Å². The molecular formula is C18H17ClN2O2S. The summed E-state index contributed by atoms with van der Waals surface area (Å²) in [7, 11) is 0. The highest BCUT2D eigenvalue weighted by Gasteiger charge is 2.29. The summed E-state index contributed by atoms with van der Waals surface area (Å²) in [5.41, 5.74) is 1.78. The highest BCUT2D eigenvalue weighted by atomic mass is 35.5. The van der Waals surface area contributed by atoms with Gasteiger partial charge in [0.05, 0.1) is 17.0 Å². The fraction of sp³-hybridized carbons (Fsp3) is 0.222. The van der Waals surface area contributed by atoms with E-state index in [9.17, 15) is 9.59 Å². The largest absolute Gasteiger partial charge is 0.350 e. The Morgan fingerprint density at radius 1 is 1.25 bits per heavy atom. The number of fused-ring (bicyclic) bond motifs is 1. The molecule has 1 aliphatic heterocycles. The fourth-order valence-corrected chi connectivity index (χ4v) is 3.77. The standard InChI is InChI=1S/C18H17ClN2O2S/c1-11(12-6-8-13(19)9-7-12)20-17(22)10-16-18(23)21-14-4-2-3-5-15(14)24-16/h2-9,11,16H,10H2,1H3,(H,20,22)(H,21,23)/t11-,16-/m0/s1. The normalized spacial score (nSPS) is 17.6. The first-order valence-electron chi connectivity index (χ1n) is 7.64. The molecule has 0 unspecified atom stereocenters. The summed E-state index contributed by atoms with van der Waals surface area (Å²) < 4.78 is 0. The third kappa shape index (κ3) is 3.91. The van der Waals surface area contributed by atoms with E-state index < -0.39 is 5.25 Å². The van der Waals surface area contributed by atoms with E-state index in [1.54, 1.807) is 12.1 Å². The molecule has 2 amide bonds. The average molecular weight is 361 g/mol. The number of nitrogens with one attached hydrogen (secondary N) is 2. The van der Waals surface area contributed by atoms with Crippen molar-refractivity contribution in [2.45, 2.75) is 29.5 Å². The van der Waals surface area contributed by atoms with Crippen LogP contribution in [-0.4, -0.2) is 17.1 Å². The first-order chi connectivity index (χ1) is 11.5. The predicted molar refractivity (Wildman–Crippen MR) is 97.3 cm³/mol. The van der Waals surface area contributed by atoms with E-state index in [-0.39, 0.29) is 24.3 Å². The fourth-order valence-electron chi connectivity index (χ4n) is 2.53. The highest BCUT2D eigenvalue weighted by Crippen LogP contribution is 2.36. The maximum atomic E-state index is 12.3. The SMILES string of the molecule is C[C@H](NC(=O)C[C@@H]1Sc2ccccc2NC1=O)c1ccc(Cl)cc1. The summed E-state index contributed by atoms with van der Waals surface area (Å²) in [6.07, 6.45) is 0.142. The molecule has 124 valence electrons. The molecule has 0 bridgehead atoms. The van der Waals surface area contributed by atoms with Crippen LogP contribution in [0.15, 0.2) is 53.4 Å². The molecule has 0 aliphatic carbocycles. The molecule has 24 heavy (non-hydrogen) atoms. The van der Waals surface area contributed by atoms with E-state index in [4.69, 9.17) is 11.6 Å². The van der Waals surface area contributed by atoms with Crippen molar-refractivity contribution >= 4 is 40.9 Å². The van der Waals surface area contributed by atoms with Crippen LogP contribution in [0, 0.1) is 0 Å². The number of carbonyl (C=O) groups is 2. The van der Waals surface area contributed by atoms with Gasteiger partial charge < -0.3 is 10.6 Å². The molecule has 0 fully saturated rings. The van der Waals surface area contributed by atoms with Crippen LogP contribution in [0.3, 0.4) is 0 Å². The molecule has 2 atom stereocenters. The second-order valence-electron chi connectivity index (χ2n) is 5.64. The summed E-state index contributed by atoms with van der Waals surface area (Å²) in [5.74, 6) is -0.280. The Bertz CT molecular complexity index is 764. The lowest BCUT2D eigenvalue weighted by molar-refractivity contribution is -0.124. The number of hydrogen-bond donors (Lipinski definition) is 2. The van der Waals surface area contributed by atoms with Crippen molar-refractivity contribution in [3.8, 4) is 0 Å². The second-order valence-corrected chi connectivity index (χ2v) is 7.32. The van der Waals surface area contributed by atoms with Gasteiger partial charge >= 0.3 is 0 Å². The number of amides is 2. The number of rotatable bonds is 4.